The van der Waals surface area contributed by atoms with Crippen LogP contribution in [0.25, 0.3) is 0 Å². The Kier molecular flexibility index (Phi) is 3.83. The van der Waals surface area contributed by atoms with Crippen molar-refractivity contribution in [2.45, 2.75) is 26.3 Å². The third-order valence-electron chi connectivity index (χ3n) is 4.01. The minimum Gasteiger partial charge on any atom is -0.338 e. The van der Waals surface area contributed by atoms with Crippen molar-refractivity contribution in [1.82, 2.24) is 0 Å². The fourth-order valence-electron chi connectivity index (χ4n) is 2.90. The van der Waals surface area contributed by atoms with E-state index in [1.54, 1.807) is 6.92 Å². The van der Waals surface area contributed by atoms with Gasteiger partial charge in [-0.15, -0.1) is 0 Å². The lowest BCUT2D eigenvalue weighted by atomic mass is 10.1. The van der Waals surface area contributed by atoms with Crippen LogP contribution in [0.15, 0.2) is 48.5 Å². The van der Waals surface area contributed by atoms with E-state index >= 15 is 0 Å². The van der Waals surface area contributed by atoms with Crippen LogP contribution < -0.4 is 9.62 Å². The molecule has 1 N–H and O–H groups in total. The third kappa shape index (κ3) is 2.81. The first kappa shape index (κ1) is 14.9. The molecule has 0 spiro atoms. The van der Waals surface area contributed by atoms with E-state index in [0.29, 0.717) is 11.7 Å². The fraction of sp³-hybridized carbons (Fsp3) is 0.294. The molecule has 22 heavy (non-hydrogen) atoms. The summed E-state index contributed by atoms with van der Waals surface area (Å²) < 4.78 is 25.8. The largest absolute Gasteiger partial charge is 0.338 e. The molecule has 4 nitrogen and oxygen atoms in total. The Bertz CT molecular complexity index is 770. The third-order valence-corrected chi connectivity index (χ3v) is 5.31. The second-order valence-corrected chi connectivity index (χ2v) is 7.62. The highest BCUT2D eigenvalue weighted by Gasteiger charge is 2.26. The highest BCUT2D eigenvalue weighted by molar-refractivity contribution is 7.92. The van der Waals surface area contributed by atoms with Gasteiger partial charge >= 0.3 is 0 Å². The molecule has 0 fully saturated rings. The molecule has 0 amide bonds. The number of nitrogens with zero attached hydrogens (tertiary/aromatic N) is 1. The fourth-order valence-corrected chi connectivity index (χ4v) is 3.54. The quantitative estimate of drug-likeness (QED) is 0.938. The smallest absolute Gasteiger partial charge is 0.232 e. The van der Waals surface area contributed by atoms with Crippen molar-refractivity contribution < 1.29 is 8.42 Å². The van der Waals surface area contributed by atoms with Crippen LogP contribution in [-0.2, 0) is 16.4 Å². The molecule has 0 saturated carbocycles. The molecular weight excluding hydrogens is 296 g/mol. The van der Waals surface area contributed by atoms with Gasteiger partial charge in [-0.05, 0) is 56.2 Å². The molecule has 0 saturated heterocycles. The molecule has 1 atom stereocenters. The lowest BCUT2D eigenvalue weighted by Gasteiger charge is -2.25. The molecule has 0 aromatic heterocycles. The van der Waals surface area contributed by atoms with Crippen LogP contribution >= 0.6 is 0 Å². The van der Waals surface area contributed by atoms with Gasteiger partial charge in [-0.1, -0.05) is 18.2 Å². The lowest BCUT2D eigenvalue weighted by Crippen LogP contribution is -2.23. The Hall–Kier alpha value is -2.01. The SMILES string of the molecule is CCS(=O)(=O)Nc1ccc(N2c3ccccc3CC2C)cc1. The molecule has 0 bridgehead atoms. The number of para-hydroxylation sites is 1. The predicted octanol–water partition coefficient (Wildman–Crippen LogP) is 3.53. The summed E-state index contributed by atoms with van der Waals surface area (Å²) in [6.45, 7) is 3.83. The van der Waals surface area contributed by atoms with Gasteiger partial charge in [0.25, 0.3) is 0 Å². The van der Waals surface area contributed by atoms with Crippen LogP contribution in [0, 0.1) is 0 Å². The molecule has 2 aromatic carbocycles. The monoisotopic (exact) mass is 316 g/mol. The predicted molar refractivity (Wildman–Crippen MR) is 91.3 cm³/mol. The van der Waals surface area contributed by atoms with Crippen molar-refractivity contribution in [2.24, 2.45) is 0 Å². The van der Waals surface area contributed by atoms with Gasteiger partial charge in [0.15, 0.2) is 0 Å². The van der Waals surface area contributed by atoms with Crippen molar-refractivity contribution in [3.05, 3.63) is 54.1 Å². The zero-order chi connectivity index (χ0) is 15.7. The number of nitrogens with one attached hydrogen (secondary N) is 1. The number of hydrogen-bond acceptors (Lipinski definition) is 3. The van der Waals surface area contributed by atoms with Crippen LogP contribution in [0.4, 0.5) is 17.1 Å². The molecule has 1 unspecified atom stereocenters. The summed E-state index contributed by atoms with van der Waals surface area (Å²) in [6, 6.07) is 16.4. The van der Waals surface area contributed by atoms with Gasteiger partial charge in [0.2, 0.25) is 10.0 Å². The minimum atomic E-state index is -3.23. The van der Waals surface area contributed by atoms with E-state index in [-0.39, 0.29) is 5.75 Å². The Labute approximate surface area is 131 Å². The zero-order valence-electron chi connectivity index (χ0n) is 12.8. The number of rotatable bonds is 4. The molecule has 0 aliphatic carbocycles. The van der Waals surface area contributed by atoms with Crippen molar-refractivity contribution >= 4 is 27.1 Å². The first-order valence-corrected chi connectivity index (χ1v) is 9.13. The number of hydrogen-bond donors (Lipinski definition) is 1. The lowest BCUT2D eigenvalue weighted by molar-refractivity contribution is 0.602. The summed E-state index contributed by atoms with van der Waals surface area (Å²) in [5.41, 5.74) is 4.27. The maximum absolute atomic E-state index is 11.6. The zero-order valence-corrected chi connectivity index (χ0v) is 13.6. The Morgan fingerprint density at radius 2 is 1.82 bits per heavy atom. The van der Waals surface area contributed by atoms with Gasteiger partial charge in [-0.3, -0.25) is 4.72 Å². The van der Waals surface area contributed by atoms with E-state index < -0.39 is 10.0 Å². The highest BCUT2D eigenvalue weighted by atomic mass is 32.2. The van der Waals surface area contributed by atoms with E-state index in [1.165, 1.54) is 11.3 Å². The van der Waals surface area contributed by atoms with E-state index in [9.17, 15) is 8.42 Å². The Balaban J connectivity index is 1.88. The minimum absolute atomic E-state index is 0.0747. The van der Waals surface area contributed by atoms with Crippen molar-refractivity contribution in [2.75, 3.05) is 15.4 Å². The van der Waals surface area contributed by atoms with E-state index in [0.717, 1.165) is 12.1 Å². The van der Waals surface area contributed by atoms with Crippen molar-refractivity contribution in [1.29, 1.82) is 0 Å². The van der Waals surface area contributed by atoms with Crippen LogP contribution in [0.5, 0.6) is 0 Å². The average Bonchev–Trinajstić information content (AvgIpc) is 2.84. The van der Waals surface area contributed by atoms with E-state index in [4.69, 9.17) is 0 Å². The molecule has 5 heteroatoms. The average molecular weight is 316 g/mol. The molecule has 116 valence electrons. The summed E-state index contributed by atoms with van der Waals surface area (Å²) >= 11 is 0. The van der Waals surface area contributed by atoms with E-state index in [1.807, 2.05) is 30.3 Å². The summed E-state index contributed by atoms with van der Waals surface area (Å²) in [5.74, 6) is 0.0747. The van der Waals surface area contributed by atoms with Gasteiger partial charge < -0.3 is 4.90 Å². The van der Waals surface area contributed by atoms with Gasteiger partial charge in [0, 0.05) is 23.1 Å². The van der Waals surface area contributed by atoms with Crippen LogP contribution in [0.3, 0.4) is 0 Å². The summed E-state index contributed by atoms with van der Waals surface area (Å²) in [7, 11) is -3.23. The van der Waals surface area contributed by atoms with E-state index in [2.05, 4.69) is 34.7 Å². The van der Waals surface area contributed by atoms with Gasteiger partial charge in [-0.25, -0.2) is 8.42 Å². The number of sulfonamides is 1. The van der Waals surface area contributed by atoms with Crippen LogP contribution in [0.1, 0.15) is 19.4 Å². The highest BCUT2D eigenvalue weighted by Crippen LogP contribution is 2.38. The Morgan fingerprint density at radius 1 is 1.14 bits per heavy atom. The molecule has 1 heterocycles. The van der Waals surface area contributed by atoms with Gasteiger partial charge in [-0.2, -0.15) is 0 Å². The first-order valence-electron chi connectivity index (χ1n) is 7.48. The number of fused-ring (bicyclic) bond motifs is 1. The molecule has 0 radical (unpaired) electrons. The molecular formula is C17H20N2O2S. The van der Waals surface area contributed by atoms with Gasteiger partial charge in [0.1, 0.15) is 0 Å². The summed E-state index contributed by atoms with van der Waals surface area (Å²) in [6.07, 6.45) is 1.03. The normalized spacial score (nSPS) is 17.4. The number of benzene rings is 2. The first-order chi connectivity index (χ1) is 10.5. The standard InChI is InChI=1S/C17H20N2O2S/c1-3-22(20,21)18-15-8-10-16(11-9-15)19-13(2)12-14-6-4-5-7-17(14)19/h4-11,13,18H,3,12H2,1-2H3. The number of anilines is 3. The van der Waals surface area contributed by atoms with Crippen molar-refractivity contribution in [3.63, 3.8) is 0 Å². The molecule has 1 aliphatic rings. The molecule has 3 rings (SSSR count). The topological polar surface area (TPSA) is 49.4 Å². The van der Waals surface area contributed by atoms with Crippen LogP contribution in [-0.4, -0.2) is 20.2 Å². The maximum atomic E-state index is 11.6. The molecule has 2 aromatic rings. The maximum Gasteiger partial charge on any atom is 0.232 e. The summed E-state index contributed by atoms with van der Waals surface area (Å²) in [4.78, 5) is 2.30. The second-order valence-electron chi connectivity index (χ2n) is 5.60. The van der Waals surface area contributed by atoms with Crippen molar-refractivity contribution in [3.8, 4) is 0 Å². The Morgan fingerprint density at radius 3 is 2.50 bits per heavy atom. The summed E-state index contributed by atoms with van der Waals surface area (Å²) in [5, 5.41) is 0. The molecule has 1 aliphatic heterocycles. The van der Waals surface area contributed by atoms with Crippen LogP contribution in [0.2, 0.25) is 0 Å². The second kappa shape index (κ2) is 5.65. The van der Waals surface area contributed by atoms with Gasteiger partial charge in [0.05, 0.1) is 5.75 Å².